The third-order valence-electron chi connectivity index (χ3n) is 5.83. The molecule has 0 aliphatic carbocycles. The Bertz CT molecular complexity index is 1350. The molecular weight excluding hydrogens is 451 g/mol. The lowest BCUT2D eigenvalue weighted by Crippen LogP contribution is -2.12. The fourth-order valence-electron chi connectivity index (χ4n) is 4.05. The zero-order chi connectivity index (χ0) is 24.4. The van der Waals surface area contributed by atoms with Gasteiger partial charge in [0.1, 0.15) is 22.7 Å². The van der Waals surface area contributed by atoms with Crippen molar-refractivity contribution in [1.29, 1.82) is 0 Å². The van der Waals surface area contributed by atoms with Crippen LogP contribution in [0.2, 0.25) is 0 Å². The molecule has 0 amide bonds. The number of aliphatic imine (C=N–C) groups is 1. The topological polar surface area (TPSA) is 68.9 Å². The molecule has 0 radical (unpaired) electrons. The zero-order valence-electron chi connectivity index (χ0n) is 19.2. The normalized spacial score (nSPS) is 15.4. The van der Waals surface area contributed by atoms with Crippen molar-refractivity contribution in [3.8, 4) is 5.00 Å². The van der Waals surface area contributed by atoms with Gasteiger partial charge in [-0.15, -0.1) is 21.5 Å². The average molecular weight is 475 g/mol. The van der Waals surface area contributed by atoms with E-state index in [-0.39, 0.29) is 31.6 Å². The van der Waals surface area contributed by atoms with E-state index in [1.165, 1.54) is 18.3 Å². The highest BCUT2D eigenvalue weighted by atomic mass is 32.1. The van der Waals surface area contributed by atoms with Crippen molar-refractivity contribution in [1.82, 2.24) is 14.8 Å². The summed E-state index contributed by atoms with van der Waals surface area (Å²) in [6, 6.07) is 6.61. The predicted molar refractivity (Wildman–Crippen MR) is 130 cm³/mol. The Morgan fingerprint density at radius 1 is 1.24 bits per heavy atom. The number of benzene rings is 1. The number of aryl methyl sites for hydroxylation is 1. The number of ketones is 1. The molecule has 0 spiro atoms. The maximum atomic E-state index is 13.3. The number of hydrogen-bond donors (Lipinski definition) is 0. The van der Waals surface area contributed by atoms with Gasteiger partial charge in [0.2, 0.25) is 6.54 Å². The molecular formula is C25H23FN6OS. The van der Waals surface area contributed by atoms with Crippen molar-refractivity contribution in [3.05, 3.63) is 80.3 Å². The van der Waals surface area contributed by atoms with E-state index in [1.807, 2.05) is 30.5 Å². The van der Waals surface area contributed by atoms with Crippen molar-refractivity contribution < 1.29 is 9.18 Å². The summed E-state index contributed by atoms with van der Waals surface area (Å²) >= 11 is 1.51. The number of alkyl halides is 1. The van der Waals surface area contributed by atoms with Crippen LogP contribution in [0.1, 0.15) is 65.4 Å². The Morgan fingerprint density at radius 2 is 1.97 bits per heavy atom. The summed E-state index contributed by atoms with van der Waals surface area (Å²) < 4.78 is 15.3. The van der Waals surface area contributed by atoms with Gasteiger partial charge in [-0.2, -0.15) is 0 Å². The Kier molecular flexibility index (Phi) is 6.67. The van der Waals surface area contributed by atoms with Gasteiger partial charge in [-0.05, 0) is 38.3 Å². The van der Waals surface area contributed by atoms with Gasteiger partial charge >= 0.3 is 0 Å². The highest BCUT2D eigenvalue weighted by Crippen LogP contribution is 2.40. The quantitative estimate of drug-likeness (QED) is 0.400. The van der Waals surface area contributed by atoms with E-state index < -0.39 is 12.2 Å². The fraction of sp³-hybridized carbons (Fsp3) is 0.360. The van der Waals surface area contributed by atoms with Crippen LogP contribution >= 0.6 is 11.3 Å². The number of aromatic nitrogens is 3. The molecule has 0 fully saturated rings. The number of hydrogen-bond acceptors (Lipinski definition) is 5. The summed E-state index contributed by atoms with van der Waals surface area (Å²) in [6.07, 6.45) is -0.628. The summed E-state index contributed by atoms with van der Waals surface area (Å²) in [7, 11) is 0. The lowest BCUT2D eigenvalue weighted by atomic mass is 9.99. The fourth-order valence-corrected chi connectivity index (χ4v) is 5.34. The molecule has 0 bridgehead atoms. The number of thiophene rings is 1. The largest absolute Gasteiger partial charge is 0.311 e. The second-order valence-electron chi connectivity index (χ2n) is 8.30. The van der Waals surface area contributed by atoms with E-state index in [9.17, 15) is 9.18 Å². The molecule has 9 heteroatoms. The summed E-state index contributed by atoms with van der Waals surface area (Å²) in [5.41, 5.74) is 3.87. The minimum absolute atomic E-state index is 0.0798. The number of halogens is 1. The molecule has 1 unspecified atom stereocenters. The molecule has 2 aromatic heterocycles. The van der Waals surface area contributed by atoms with Crippen molar-refractivity contribution in [2.45, 2.75) is 58.8 Å². The van der Waals surface area contributed by atoms with Crippen LogP contribution in [-0.4, -0.2) is 32.4 Å². The molecule has 0 N–H and O–H groups in total. The van der Waals surface area contributed by atoms with Gasteiger partial charge in [-0.3, -0.25) is 14.4 Å². The van der Waals surface area contributed by atoms with Gasteiger partial charge in [0.15, 0.2) is 11.5 Å². The first-order valence-electron chi connectivity index (χ1n) is 10.9. The molecule has 2 atom stereocenters. The molecule has 4 rings (SSSR count). The first-order valence-corrected chi connectivity index (χ1v) is 11.7. The van der Waals surface area contributed by atoms with Gasteiger partial charge in [0.25, 0.3) is 0 Å². The van der Waals surface area contributed by atoms with E-state index in [0.717, 1.165) is 26.6 Å². The maximum Gasteiger partial charge on any atom is 0.249 e. The molecule has 7 nitrogen and oxygen atoms in total. The van der Waals surface area contributed by atoms with Crippen molar-refractivity contribution in [2.24, 2.45) is 4.99 Å². The van der Waals surface area contributed by atoms with Crippen molar-refractivity contribution in [3.63, 3.8) is 0 Å². The van der Waals surface area contributed by atoms with E-state index in [1.54, 1.807) is 12.1 Å². The Morgan fingerprint density at radius 3 is 2.62 bits per heavy atom. The number of carbonyl (C=O) groups excluding carboxylic acids is 1. The van der Waals surface area contributed by atoms with Gasteiger partial charge in [0, 0.05) is 18.4 Å². The molecule has 3 heterocycles. The third kappa shape index (κ3) is 4.40. The van der Waals surface area contributed by atoms with Crippen LogP contribution in [0, 0.1) is 27.0 Å². The summed E-state index contributed by atoms with van der Waals surface area (Å²) in [5.74, 6) is 1.15. The molecule has 1 aliphatic heterocycles. The molecule has 1 aliphatic rings. The van der Waals surface area contributed by atoms with Gasteiger partial charge in [-0.1, -0.05) is 24.3 Å². The maximum absolute atomic E-state index is 13.3. The minimum Gasteiger partial charge on any atom is -0.311 e. The Labute approximate surface area is 201 Å². The van der Waals surface area contributed by atoms with Crippen LogP contribution < -0.4 is 0 Å². The Balaban J connectivity index is 1.90. The van der Waals surface area contributed by atoms with Gasteiger partial charge in [0.05, 0.1) is 23.3 Å². The summed E-state index contributed by atoms with van der Waals surface area (Å²) in [5, 5.41) is 9.50. The Hall–Kier alpha value is -3.69. The summed E-state index contributed by atoms with van der Waals surface area (Å²) in [6.45, 7) is 20.1. The third-order valence-corrected chi connectivity index (χ3v) is 7.10. The average Bonchev–Trinajstić information content (AvgIpc) is 3.31. The van der Waals surface area contributed by atoms with E-state index >= 15 is 0 Å². The van der Waals surface area contributed by atoms with Crippen LogP contribution in [0.25, 0.3) is 14.7 Å². The SMILES string of the molecule is [C-]#[N+]Cc1sc2c(c1C)C(c1ccc([N+]#[C-])cc1)=N[C@@H](CC(=O)CCC(C)F)c1nnc(C)n1-2. The molecule has 172 valence electrons. The molecule has 0 saturated heterocycles. The number of nitrogens with zero attached hydrogens (tertiary/aromatic N) is 6. The van der Waals surface area contributed by atoms with E-state index in [0.29, 0.717) is 23.0 Å². The van der Waals surface area contributed by atoms with Crippen LogP contribution in [0.15, 0.2) is 29.3 Å². The first-order chi connectivity index (χ1) is 16.3. The van der Waals surface area contributed by atoms with Gasteiger partial charge in [-0.25, -0.2) is 15.8 Å². The lowest BCUT2D eigenvalue weighted by molar-refractivity contribution is -0.119. The van der Waals surface area contributed by atoms with Crippen LogP contribution in [0.4, 0.5) is 10.1 Å². The molecule has 1 aromatic carbocycles. The monoisotopic (exact) mass is 474 g/mol. The molecule has 34 heavy (non-hydrogen) atoms. The van der Waals surface area contributed by atoms with Crippen LogP contribution in [0.5, 0.6) is 0 Å². The van der Waals surface area contributed by atoms with E-state index in [4.69, 9.17) is 18.1 Å². The van der Waals surface area contributed by atoms with Crippen molar-refractivity contribution in [2.75, 3.05) is 0 Å². The second-order valence-corrected chi connectivity index (χ2v) is 9.39. The van der Waals surface area contributed by atoms with Crippen LogP contribution in [0.3, 0.4) is 0 Å². The van der Waals surface area contributed by atoms with Gasteiger partial charge < -0.3 is 4.85 Å². The summed E-state index contributed by atoms with van der Waals surface area (Å²) in [4.78, 5) is 25.8. The number of fused-ring (bicyclic) bond motifs is 3. The molecule has 0 saturated carbocycles. The number of carbonyl (C=O) groups is 1. The smallest absolute Gasteiger partial charge is 0.249 e. The highest BCUT2D eigenvalue weighted by molar-refractivity contribution is 7.15. The molecule has 3 aromatic rings. The van der Waals surface area contributed by atoms with E-state index in [2.05, 4.69) is 19.9 Å². The first kappa shape index (κ1) is 23.5. The zero-order valence-corrected chi connectivity index (χ0v) is 20.0. The highest BCUT2D eigenvalue weighted by Gasteiger charge is 2.33. The lowest BCUT2D eigenvalue weighted by Gasteiger charge is -2.12. The minimum atomic E-state index is -1.04. The van der Waals surface area contributed by atoms with Crippen molar-refractivity contribution >= 4 is 28.5 Å². The predicted octanol–water partition coefficient (Wildman–Crippen LogP) is 5.91. The van der Waals surface area contributed by atoms with Crippen LogP contribution in [-0.2, 0) is 11.3 Å². The number of Topliss-reactive ketones (excluding diaryl/α,β-unsaturated/α-hetero) is 1. The second kappa shape index (κ2) is 9.66. The standard InChI is InChI=1S/C25H23FN6OS/c1-14(26)6-11-19(33)12-20-24-31-30-16(3)32(24)25-22(15(2)21(34-25)13-27-4)23(29-20)17-7-9-18(28-5)10-8-17/h7-10,14,20H,6,11-13H2,1-3H3/t14?,20-/m0/s1. The number of rotatable bonds is 7.